The molecule has 22 heavy (non-hydrogen) atoms. The summed E-state index contributed by atoms with van der Waals surface area (Å²) < 4.78 is 2.04. The van der Waals surface area contributed by atoms with Crippen LogP contribution in [0.3, 0.4) is 0 Å². The molecule has 2 aliphatic carbocycles. The van der Waals surface area contributed by atoms with E-state index in [4.69, 9.17) is 0 Å². The molecular formula is C16H25ClN4O. The molecule has 1 spiro atoms. The van der Waals surface area contributed by atoms with Crippen LogP contribution >= 0.6 is 12.4 Å². The van der Waals surface area contributed by atoms with Crippen LogP contribution in [0.25, 0.3) is 0 Å². The van der Waals surface area contributed by atoms with Gasteiger partial charge in [-0.25, -0.2) is 4.98 Å². The van der Waals surface area contributed by atoms with E-state index in [-0.39, 0.29) is 18.4 Å². The van der Waals surface area contributed by atoms with E-state index in [1.807, 2.05) is 24.0 Å². The number of nitrogens with one attached hydrogen (secondary N) is 1. The normalized spacial score (nSPS) is 29.4. The van der Waals surface area contributed by atoms with E-state index in [2.05, 4.69) is 15.2 Å². The first-order valence-electron chi connectivity index (χ1n) is 8.20. The molecule has 3 fully saturated rings. The van der Waals surface area contributed by atoms with Gasteiger partial charge in [0.25, 0.3) is 0 Å². The van der Waals surface area contributed by atoms with Crippen molar-refractivity contribution in [3.8, 4) is 0 Å². The maximum absolute atomic E-state index is 13.0. The number of aryl methyl sites for hydroxylation is 1. The molecule has 0 aromatic carbocycles. The molecule has 5 nitrogen and oxygen atoms in total. The van der Waals surface area contributed by atoms with Gasteiger partial charge >= 0.3 is 0 Å². The maximum atomic E-state index is 13.0. The number of hydrogen-bond donors (Lipinski definition) is 1. The van der Waals surface area contributed by atoms with Crippen molar-refractivity contribution in [1.82, 2.24) is 19.8 Å². The largest absolute Gasteiger partial charge is 0.336 e. The number of nitrogens with zero attached hydrogens (tertiary/aromatic N) is 3. The van der Waals surface area contributed by atoms with Gasteiger partial charge < -0.3 is 14.8 Å². The van der Waals surface area contributed by atoms with Gasteiger partial charge in [0.2, 0.25) is 5.91 Å². The van der Waals surface area contributed by atoms with Crippen LogP contribution in [0.15, 0.2) is 12.4 Å². The first-order chi connectivity index (χ1) is 10.2. The van der Waals surface area contributed by atoms with Crippen molar-refractivity contribution in [2.45, 2.75) is 38.1 Å². The highest BCUT2D eigenvalue weighted by Crippen LogP contribution is 2.63. The van der Waals surface area contributed by atoms with Crippen LogP contribution in [0.4, 0.5) is 0 Å². The quantitative estimate of drug-likeness (QED) is 0.904. The Labute approximate surface area is 137 Å². The third kappa shape index (κ3) is 2.44. The molecule has 1 N–H and O–H groups in total. The molecule has 1 aliphatic heterocycles. The molecule has 1 aromatic heterocycles. The number of piperazine rings is 1. The van der Waals surface area contributed by atoms with Gasteiger partial charge in [0.05, 0.1) is 0 Å². The maximum Gasteiger partial charge on any atom is 0.226 e. The zero-order valence-electron chi connectivity index (χ0n) is 13.1. The summed E-state index contributed by atoms with van der Waals surface area (Å²) >= 11 is 0. The number of aromatic nitrogens is 2. The van der Waals surface area contributed by atoms with E-state index in [0.717, 1.165) is 31.9 Å². The summed E-state index contributed by atoms with van der Waals surface area (Å²) in [5, 5.41) is 3.41. The zero-order chi connectivity index (χ0) is 14.4. The van der Waals surface area contributed by atoms with Crippen molar-refractivity contribution in [3.63, 3.8) is 0 Å². The van der Waals surface area contributed by atoms with Gasteiger partial charge in [-0.1, -0.05) is 12.8 Å². The second-order valence-electron chi connectivity index (χ2n) is 6.97. The number of halogens is 1. The predicted molar refractivity (Wildman–Crippen MR) is 86.8 cm³/mol. The average Bonchev–Trinajstić information content (AvgIpc) is 2.83. The number of imidazole rings is 1. The van der Waals surface area contributed by atoms with Crippen molar-refractivity contribution < 1.29 is 4.79 Å². The van der Waals surface area contributed by atoms with E-state index < -0.39 is 0 Å². The minimum atomic E-state index is 0. The predicted octanol–water partition coefficient (Wildman–Crippen LogP) is 1.90. The molecule has 1 saturated heterocycles. The van der Waals surface area contributed by atoms with Gasteiger partial charge in [0.15, 0.2) is 0 Å². The topological polar surface area (TPSA) is 50.2 Å². The van der Waals surface area contributed by atoms with Crippen molar-refractivity contribution >= 4 is 18.3 Å². The Morgan fingerprint density at radius 3 is 2.86 bits per heavy atom. The molecule has 2 unspecified atom stereocenters. The first-order valence-corrected chi connectivity index (χ1v) is 8.20. The van der Waals surface area contributed by atoms with Gasteiger partial charge in [-0.3, -0.25) is 4.79 Å². The Morgan fingerprint density at radius 1 is 1.41 bits per heavy atom. The zero-order valence-corrected chi connectivity index (χ0v) is 13.9. The van der Waals surface area contributed by atoms with E-state index in [1.54, 1.807) is 0 Å². The molecule has 4 rings (SSSR count). The highest BCUT2D eigenvalue weighted by Gasteiger charge is 2.60. The van der Waals surface area contributed by atoms with E-state index in [0.29, 0.717) is 17.2 Å². The van der Waals surface area contributed by atoms with Crippen LogP contribution in [0.1, 0.15) is 44.0 Å². The third-order valence-corrected chi connectivity index (χ3v) is 5.77. The summed E-state index contributed by atoms with van der Waals surface area (Å²) in [4.78, 5) is 19.6. The molecule has 1 amide bonds. The Balaban J connectivity index is 0.00000144. The van der Waals surface area contributed by atoms with Gasteiger partial charge in [0.1, 0.15) is 11.9 Å². The Bertz CT molecular complexity index is 552. The van der Waals surface area contributed by atoms with Gasteiger partial charge in [-0.15, -0.1) is 12.4 Å². The molecule has 6 heteroatoms. The second kappa shape index (κ2) is 5.85. The summed E-state index contributed by atoms with van der Waals surface area (Å²) in [5.41, 5.74) is 0.383. The molecule has 122 valence electrons. The molecule has 1 aromatic rings. The first kappa shape index (κ1) is 15.8. The number of carbonyl (C=O) groups excluding carboxylic acids is 1. The fraction of sp³-hybridized carbons (Fsp3) is 0.750. The number of hydrogen-bond acceptors (Lipinski definition) is 3. The van der Waals surface area contributed by atoms with E-state index >= 15 is 0 Å². The van der Waals surface area contributed by atoms with Crippen LogP contribution in [0, 0.1) is 11.3 Å². The second-order valence-corrected chi connectivity index (χ2v) is 6.97. The standard InChI is InChI=1S/C16H24N4O.ClH/c1-19-8-7-18-14(19)13-11-17-6-9-20(13)15(21)12-10-16(12)4-2-3-5-16;/h7-8,12-13,17H,2-6,9-11H2,1H3;1H. The number of carbonyl (C=O) groups is 1. The summed E-state index contributed by atoms with van der Waals surface area (Å²) in [7, 11) is 2.01. The Kier molecular flexibility index (Phi) is 4.21. The summed E-state index contributed by atoms with van der Waals surface area (Å²) in [5.74, 6) is 1.67. The Morgan fingerprint density at radius 2 is 2.18 bits per heavy atom. The average molecular weight is 325 g/mol. The monoisotopic (exact) mass is 324 g/mol. The Hall–Kier alpha value is -1.07. The fourth-order valence-electron chi connectivity index (χ4n) is 4.43. The van der Waals surface area contributed by atoms with E-state index in [1.165, 1.54) is 25.7 Å². The van der Waals surface area contributed by atoms with Crippen molar-refractivity contribution in [2.24, 2.45) is 18.4 Å². The SMILES string of the molecule is Cl.Cn1ccnc1C1CNCCN1C(=O)C1CC12CCCC2. The van der Waals surface area contributed by atoms with Crippen LogP contribution in [-0.4, -0.2) is 40.0 Å². The smallest absolute Gasteiger partial charge is 0.226 e. The van der Waals surface area contributed by atoms with Gasteiger partial charge in [0, 0.05) is 45.0 Å². The lowest BCUT2D eigenvalue weighted by Gasteiger charge is -2.36. The van der Waals surface area contributed by atoms with Crippen molar-refractivity contribution in [1.29, 1.82) is 0 Å². The van der Waals surface area contributed by atoms with Crippen LogP contribution in [0.2, 0.25) is 0 Å². The lowest BCUT2D eigenvalue weighted by atomic mass is 10.0. The highest BCUT2D eigenvalue weighted by atomic mass is 35.5. The fourth-order valence-corrected chi connectivity index (χ4v) is 4.43. The number of amides is 1. The lowest BCUT2D eigenvalue weighted by molar-refractivity contribution is -0.137. The van der Waals surface area contributed by atoms with Gasteiger partial charge in [-0.2, -0.15) is 0 Å². The van der Waals surface area contributed by atoms with Crippen molar-refractivity contribution in [3.05, 3.63) is 18.2 Å². The van der Waals surface area contributed by atoms with Crippen molar-refractivity contribution in [2.75, 3.05) is 19.6 Å². The summed E-state index contributed by atoms with van der Waals surface area (Å²) in [6.45, 7) is 2.52. The summed E-state index contributed by atoms with van der Waals surface area (Å²) in [6, 6.07) is 0.0882. The van der Waals surface area contributed by atoms with Crippen LogP contribution in [0.5, 0.6) is 0 Å². The molecule has 0 radical (unpaired) electrons. The number of rotatable bonds is 2. The van der Waals surface area contributed by atoms with E-state index in [9.17, 15) is 4.79 Å². The van der Waals surface area contributed by atoms with Crippen LogP contribution < -0.4 is 5.32 Å². The minimum Gasteiger partial charge on any atom is -0.336 e. The van der Waals surface area contributed by atoms with Gasteiger partial charge in [-0.05, 0) is 24.7 Å². The minimum absolute atomic E-state index is 0. The lowest BCUT2D eigenvalue weighted by Crippen LogP contribution is -2.50. The third-order valence-electron chi connectivity index (χ3n) is 5.77. The van der Waals surface area contributed by atoms with Crippen LogP contribution in [-0.2, 0) is 11.8 Å². The molecule has 2 saturated carbocycles. The molecule has 3 aliphatic rings. The molecule has 2 atom stereocenters. The molecule has 0 bridgehead atoms. The summed E-state index contributed by atoms with van der Waals surface area (Å²) in [6.07, 6.45) is 10.1. The highest BCUT2D eigenvalue weighted by molar-refractivity contribution is 5.85. The molecular weight excluding hydrogens is 300 g/mol. The molecule has 2 heterocycles.